The average molecular weight is 264 g/mol. The normalized spacial score (nSPS) is 11.3. The maximum Gasteiger partial charge on any atom is 0.222 e. The molecule has 1 aromatic rings. The molecule has 3 N–H and O–H groups in total. The molecular formula is C15H24N2O2. The van der Waals surface area contributed by atoms with Gasteiger partial charge in [-0.15, -0.1) is 0 Å². The van der Waals surface area contributed by atoms with Gasteiger partial charge in [0.25, 0.3) is 0 Å². The molecule has 0 heterocycles. The van der Waals surface area contributed by atoms with Crippen molar-refractivity contribution >= 4 is 5.91 Å². The molecule has 0 bridgehead atoms. The molecule has 0 saturated carbocycles. The molecule has 4 nitrogen and oxygen atoms in total. The van der Waals surface area contributed by atoms with Crippen molar-refractivity contribution in [2.24, 2.45) is 5.73 Å². The van der Waals surface area contributed by atoms with Gasteiger partial charge in [-0.2, -0.15) is 0 Å². The molecule has 106 valence electrons. The summed E-state index contributed by atoms with van der Waals surface area (Å²) in [5, 5.41) is 2.88. The Morgan fingerprint density at radius 1 is 1.32 bits per heavy atom. The SMILES string of the molecule is COc1cc(C)c(C)cc1CNC(=O)CC(C)(C)N. The molecule has 0 fully saturated rings. The average Bonchev–Trinajstić information content (AvgIpc) is 2.28. The van der Waals surface area contributed by atoms with Crippen LogP contribution in [0.15, 0.2) is 12.1 Å². The molecular weight excluding hydrogens is 240 g/mol. The number of hydrogen-bond acceptors (Lipinski definition) is 3. The van der Waals surface area contributed by atoms with Crippen LogP contribution >= 0.6 is 0 Å². The summed E-state index contributed by atoms with van der Waals surface area (Å²) >= 11 is 0. The molecule has 0 aliphatic carbocycles. The first-order chi connectivity index (χ1) is 8.73. The Hall–Kier alpha value is -1.55. The molecule has 0 aliphatic rings. The van der Waals surface area contributed by atoms with E-state index in [0.29, 0.717) is 13.0 Å². The number of rotatable bonds is 5. The lowest BCUT2D eigenvalue weighted by Gasteiger charge is -2.18. The zero-order chi connectivity index (χ0) is 14.6. The second kappa shape index (κ2) is 6.06. The summed E-state index contributed by atoms with van der Waals surface area (Å²) in [6, 6.07) is 4.03. The Bertz CT molecular complexity index is 462. The molecule has 0 saturated heterocycles. The van der Waals surface area contributed by atoms with Crippen LogP contribution in [0.5, 0.6) is 5.75 Å². The number of carbonyl (C=O) groups is 1. The Morgan fingerprint density at radius 3 is 2.42 bits per heavy atom. The van der Waals surface area contributed by atoms with Gasteiger partial charge >= 0.3 is 0 Å². The molecule has 0 aliphatic heterocycles. The number of nitrogens with two attached hydrogens (primary N) is 1. The highest BCUT2D eigenvalue weighted by Crippen LogP contribution is 2.22. The van der Waals surface area contributed by atoms with Crippen molar-refractivity contribution in [3.05, 3.63) is 28.8 Å². The van der Waals surface area contributed by atoms with E-state index in [0.717, 1.165) is 11.3 Å². The van der Waals surface area contributed by atoms with Gasteiger partial charge in [0.2, 0.25) is 5.91 Å². The minimum absolute atomic E-state index is 0.0484. The Balaban J connectivity index is 2.72. The molecule has 1 rings (SSSR count). The highest BCUT2D eigenvalue weighted by atomic mass is 16.5. The molecule has 0 radical (unpaired) electrons. The predicted octanol–water partition coefficient (Wildman–Crippen LogP) is 2.06. The van der Waals surface area contributed by atoms with Gasteiger partial charge in [0.15, 0.2) is 0 Å². The number of hydrogen-bond donors (Lipinski definition) is 2. The summed E-state index contributed by atoms with van der Waals surface area (Å²) in [4.78, 5) is 11.8. The minimum Gasteiger partial charge on any atom is -0.496 e. The standard InChI is InChI=1S/C15H24N2O2/c1-10-6-12(13(19-5)7-11(10)2)9-17-14(18)8-15(3,4)16/h6-7H,8-9,16H2,1-5H3,(H,17,18). The summed E-state index contributed by atoms with van der Waals surface area (Å²) in [6.07, 6.45) is 0.306. The van der Waals surface area contributed by atoms with Gasteiger partial charge in [-0.05, 0) is 44.9 Å². The number of nitrogens with one attached hydrogen (secondary N) is 1. The van der Waals surface area contributed by atoms with E-state index in [1.807, 2.05) is 39.8 Å². The Kier molecular flexibility index (Phi) is 4.95. The van der Waals surface area contributed by atoms with Crippen LogP contribution in [0.3, 0.4) is 0 Å². The van der Waals surface area contributed by atoms with E-state index < -0.39 is 5.54 Å². The fourth-order valence-corrected chi connectivity index (χ4v) is 1.85. The van der Waals surface area contributed by atoms with Gasteiger partial charge in [-0.3, -0.25) is 4.79 Å². The lowest BCUT2D eigenvalue weighted by atomic mass is 10.0. The fourth-order valence-electron chi connectivity index (χ4n) is 1.85. The number of carbonyl (C=O) groups excluding carboxylic acids is 1. The molecule has 4 heteroatoms. The lowest BCUT2D eigenvalue weighted by Crippen LogP contribution is -2.38. The topological polar surface area (TPSA) is 64.3 Å². The number of aryl methyl sites for hydroxylation is 2. The molecule has 0 atom stereocenters. The van der Waals surface area contributed by atoms with E-state index >= 15 is 0 Å². The summed E-state index contributed by atoms with van der Waals surface area (Å²) in [6.45, 7) is 8.21. The molecule has 1 amide bonds. The van der Waals surface area contributed by atoms with Crippen molar-refractivity contribution in [3.63, 3.8) is 0 Å². The maximum absolute atomic E-state index is 11.8. The van der Waals surface area contributed by atoms with Crippen LogP contribution in [0.2, 0.25) is 0 Å². The van der Waals surface area contributed by atoms with Crippen LogP contribution in [0.4, 0.5) is 0 Å². The monoisotopic (exact) mass is 264 g/mol. The quantitative estimate of drug-likeness (QED) is 0.855. The number of methoxy groups -OCH3 is 1. The number of ether oxygens (including phenoxy) is 1. The highest BCUT2D eigenvalue weighted by molar-refractivity contribution is 5.77. The molecule has 1 aromatic carbocycles. The van der Waals surface area contributed by atoms with Crippen molar-refractivity contribution in [1.82, 2.24) is 5.32 Å². The maximum atomic E-state index is 11.8. The first-order valence-corrected chi connectivity index (χ1v) is 6.42. The lowest BCUT2D eigenvalue weighted by molar-refractivity contribution is -0.122. The van der Waals surface area contributed by atoms with Crippen molar-refractivity contribution in [1.29, 1.82) is 0 Å². The summed E-state index contributed by atoms with van der Waals surface area (Å²) in [5.74, 6) is 0.753. The van der Waals surface area contributed by atoms with Gasteiger partial charge in [-0.25, -0.2) is 0 Å². The van der Waals surface area contributed by atoms with Crippen molar-refractivity contribution in [2.75, 3.05) is 7.11 Å². The summed E-state index contributed by atoms with van der Waals surface area (Å²) in [7, 11) is 1.64. The Labute approximate surface area is 115 Å². The number of amides is 1. The van der Waals surface area contributed by atoms with Crippen LogP contribution in [0.1, 0.15) is 37.0 Å². The van der Waals surface area contributed by atoms with Gasteiger partial charge < -0.3 is 15.8 Å². The smallest absolute Gasteiger partial charge is 0.222 e. The van der Waals surface area contributed by atoms with Crippen molar-refractivity contribution in [2.45, 2.75) is 46.2 Å². The zero-order valence-corrected chi connectivity index (χ0v) is 12.5. The second-order valence-electron chi connectivity index (χ2n) is 5.69. The van der Waals surface area contributed by atoms with Crippen LogP contribution in [-0.2, 0) is 11.3 Å². The van der Waals surface area contributed by atoms with E-state index in [4.69, 9.17) is 10.5 Å². The van der Waals surface area contributed by atoms with Gasteiger partial charge in [0.1, 0.15) is 5.75 Å². The van der Waals surface area contributed by atoms with E-state index in [-0.39, 0.29) is 5.91 Å². The van der Waals surface area contributed by atoms with Crippen molar-refractivity contribution < 1.29 is 9.53 Å². The van der Waals surface area contributed by atoms with E-state index in [9.17, 15) is 4.79 Å². The van der Waals surface area contributed by atoms with E-state index in [2.05, 4.69) is 5.32 Å². The molecule has 19 heavy (non-hydrogen) atoms. The van der Waals surface area contributed by atoms with E-state index in [1.54, 1.807) is 7.11 Å². The third-order valence-corrected chi connectivity index (χ3v) is 2.99. The van der Waals surface area contributed by atoms with Crippen molar-refractivity contribution in [3.8, 4) is 5.75 Å². The molecule has 0 spiro atoms. The van der Waals surface area contributed by atoms with Crippen LogP contribution < -0.4 is 15.8 Å². The fraction of sp³-hybridized carbons (Fsp3) is 0.533. The third kappa shape index (κ3) is 4.91. The van der Waals surface area contributed by atoms with Crippen LogP contribution in [0.25, 0.3) is 0 Å². The van der Waals surface area contributed by atoms with Crippen LogP contribution in [-0.4, -0.2) is 18.6 Å². The second-order valence-corrected chi connectivity index (χ2v) is 5.69. The Morgan fingerprint density at radius 2 is 1.89 bits per heavy atom. The first-order valence-electron chi connectivity index (χ1n) is 6.42. The number of benzene rings is 1. The zero-order valence-electron chi connectivity index (χ0n) is 12.5. The minimum atomic E-state index is -0.489. The summed E-state index contributed by atoms with van der Waals surface area (Å²) in [5.41, 5.74) is 8.67. The largest absolute Gasteiger partial charge is 0.496 e. The van der Waals surface area contributed by atoms with Gasteiger partial charge in [0, 0.05) is 24.1 Å². The van der Waals surface area contributed by atoms with Gasteiger partial charge in [0.05, 0.1) is 7.11 Å². The van der Waals surface area contributed by atoms with E-state index in [1.165, 1.54) is 11.1 Å². The molecule has 0 unspecified atom stereocenters. The van der Waals surface area contributed by atoms with Gasteiger partial charge in [-0.1, -0.05) is 6.07 Å². The molecule has 0 aromatic heterocycles. The van der Waals surface area contributed by atoms with Crippen LogP contribution in [0, 0.1) is 13.8 Å². The first kappa shape index (κ1) is 15.5. The highest BCUT2D eigenvalue weighted by Gasteiger charge is 2.16. The predicted molar refractivity (Wildman–Crippen MR) is 77.2 cm³/mol. The summed E-state index contributed by atoms with van der Waals surface area (Å²) < 4.78 is 5.34. The third-order valence-electron chi connectivity index (χ3n) is 2.99.